The van der Waals surface area contributed by atoms with Crippen LogP contribution in [0.25, 0.3) is 22.3 Å². The van der Waals surface area contributed by atoms with Crippen molar-refractivity contribution in [3.05, 3.63) is 119 Å². The summed E-state index contributed by atoms with van der Waals surface area (Å²) in [6.07, 6.45) is -2.52. The zero-order valence-electron chi connectivity index (χ0n) is 27.8. The topological polar surface area (TPSA) is 119 Å². The summed E-state index contributed by atoms with van der Waals surface area (Å²) in [6, 6.07) is 29.6. The number of amides is 2. The summed E-state index contributed by atoms with van der Waals surface area (Å²) >= 11 is 0. The van der Waals surface area contributed by atoms with E-state index in [1.54, 1.807) is 20.8 Å². The molecule has 0 bridgehead atoms. The van der Waals surface area contributed by atoms with Crippen LogP contribution in [0.2, 0.25) is 0 Å². The van der Waals surface area contributed by atoms with Crippen LogP contribution in [-0.4, -0.2) is 59.0 Å². The first-order chi connectivity index (χ1) is 23.5. The highest BCUT2D eigenvalue weighted by molar-refractivity contribution is 5.93. The second-order valence-electron chi connectivity index (χ2n) is 13.3. The molecule has 4 aromatic carbocycles. The zero-order valence-corrected chi connectivity index (χ0v) is 27.8. The first-order valence-corrected chi connectivity index (χ1v) is 16.5. The Morgan fingerprint density at radius 1 is 0.653 bits per heavy atom. The lowest BCUT2D eigenvalue weighted by molar-refractivity contribution is -0.155. The number of carbonyl (C=O) groups excluding carboxylic acids is 3. The predicted molar refractivity (Wildman–Crippen MR) is 183 cm³/mol. The first kappa shape index (κ1) is 33.5. The summed E-state index contributed by atoms with van der Waals surface area (Å²) in [6.45, 7) is 4.97. The summed E-state index contributed by atoms with van der Waals surface area (Å²) in [7, 11) is 0. The Bertz CT molecular complexity index is 1690. The van der Waals surface area contributed by atoms with E-state index >= 15 is 0 Å². The maximum absolute atomic E-state index is 13.8. The van der Waals surface area contributed by atoms with Gasteiger partial charge in [0.05, 0.1) is 0 Å². The summed E-state index contributed by atoms with van der Waals surface area (Å²) in [5.41, 5.74) is 7.27. The van der Waals surface area contributed by atoms with Gasteiger partial charge in [-0.05, 0) is 78.1 Å². The Morgan fingerprint density at radius 2 is 1.02 bits per heavy atom. The maximum Gasteiger partial charge on any atom is 0.420 e. The van der Waals surface area contributed by atoms with Crippen molar-refractivity contribution in [3.8, 4) is 22.3 Å². The lowest BCUT2D eigenvalue weighted by Crippen LogP contribution is -2.49. The molecule has 2 aliphatic carbocycles. The maximum atomic E-state index is 13.8. The van der Waals surface area contributed by atoms with E-state index in [1.807, 2.05) is 97.1 Å². The smallest absolute Gasteiger partial charge is 0.420 e. The molecule has 2 aliphatic rings. The first-order valence-electron chi connectivity index (χ1n) is 16.5. The molecule has 0 saturated carbocycles. The second-order valence-corrected chi connectivity index (χ2v) is 13.3. The van der Waals surface area contributed by atoms with Crippen molar-refractivity contribution >= 4 is 24.1 Å². The number of hydrogen-bond acceptors (Lipinski definition) is 7. The van der Waals surface area contributed by atoms with Crippen molar-refractivity contribution < 1.29 is 38.5 Å². The highest BCUT2D eigenvalue weighted by Crippen LogP contribution is 2.46. The van der Waals surface area contributed by atoms with E-state index in [2.05, 4.69) is 0 Å². The largest absolute Gasteiger partial charge is 0.480 e. The number of rotatable bonds is 10. The summed E-state index contributed by atoms with van der Waals surface area (Å²) in [4.78, 5) is 53.3. The molecule has 0 aromatic heterocycles. The molecule has 1 atom stereocenters. The van der Waals surface area contributed by atoms with E-state index in [9.17, 15) is 24.3 Å². The molecule has 252 valence electrons. The number of fused-ring (bicyclic) bond motifs is 6. The van der Waals surface area contributed by atoms with E-state index in [4.69, 9.17) is 14.2 Å². The van der Waals surface area contributed by atoms with Gasteiger partial charge in [0.15, 0.2) is 0 Å². The molecule has 1 N–H and O–H groups in total. The third-order valence-corrected chi connectivity index (χ3v) is 8.94. The van der Waals surface area contributed by atoms with E-state index in [0.29, 0.717) is 4.90 Å². The molecule has 0 fully saturated rings. The number of imide groups is 1. The average Bonchev–Trinajstić information content (AvgIpc) is 3.57. The fraction of sp³-hybridized carbons (Fsp3) is 0.300. The van der Waals surface area contributed by atoms with Crippen molar-refractivity contribution in [2.45, 2.75) is 63.5 Å². The number of carboxylic acids is 1. The lowest BCUT2D eigenvalue weighted by atomic mass is 9.98. The number of carboxylic acid groups (broad SMARTS) is 1. The van der Waals surface area contributed by atoms with Gasteiger partial charge in [-0.3, -0.25) is 4.79 Å². The van der Waals surface area contributed by atoms with Crippen LogP contribution >= 0.6 is 0 Å². The van der Waals surface area contributed by atoms with Crippen LogP contribution in [0.4, 0.5) is 9.59 Å². The second kappa shape index (κ2) is 14.0. The third kappa shape index (κ3) is 7.06. The quantitative estimate of drug-likeness (QED) is 0.134. The summed E-state index contributed by atoms with van der Waals surface area (Å²) in [5, 5.41) is 10.3. The molecule has 9 heteroatoms. The van der Waals surface area contributed by atoms with Crippen LogP contribution in [0.1, 0.15) is 74.1 Å². The number of aliphatic carboxylic acids is 1. The lowest BCUT2D eigenvalue weighted by Gasteiger charge is -2.27. The summed E-state index contributed by atoms with van der Waals surface area (Å²) in [5.74, 6) is -2.55. The molecular weight excluding hydrogens is 622 g/mol. The van der Waals surface area contributed by atoms with Gasteiger partial charge in [0.2, 0.25) is 0 Å². The van der Waals surface area contributed by atoms with Gasteiger partial charge >= 0.3 is 24.1 Å². The van der Waals surface area contributed by atoms with Gasteiger partial charge in [-0.25, -0.2) is 14.4 Å². The van der Waals surface area contributed by atoms with Crippen LogP contribution in [0.5, 0.6) is 0 Å². The van der Waals surface area contributed by atoms with E-state index < -0.39 is 35.8 Å². The Morgan fingerprint density at radius 3 is 1.37 bits per heavy atom. The van der Waals surface area contributed by atoms with Gasteiger partial charge in [-0.1, -0.05) is 97.1 Å². The number of benzene rings is 4. The van der Waals surface area contributed by atoms with Gasteiger partial charge in [0, 0.05) is 18.3 Å². The molecule has 9 nitrogen and oxygen atoms in total. The Hall–Kier alpha value is -5.44. The highest BCUT2D eigenvalue weighted by atomic mass is 16.6. The van der Waals surface area contributed by atoms with E-state index in [-0.39, 0.29) is 44.3 Å². The standard InChI is InChI=1S/C40H39NO8/c1-40(2,3)49-36(42)22-12-21-35(37(43)44)41(38(45)47-23-33-29-17-8-4-13-25(29)26-14-5-9-18-30(26)33)39(46)48-24-34-31-19-10-6-15-27(31)28-16-7-11-20-32(28)34/h4-11,13-20,33-35H,12,21-24H2,1-3H3,(H,43,44)/t35-/m0/s1. The van der Waals surface area contributed by atoms with Crippen LogP contribution in [0, 0.1) is 0 Å². The molecule has 0 saturated heterocycles. The minimum atomic E-state index is -1.64. The Balaban J connectivity index is 1.23. The number of ether oxygens (including phenoxy) is 3. The van der Waals surface area contributed by atoms with Crippen molar-refractivity contribution in [2.24, 2.45) is 0 Å². The van der Waals surface area contributed by atoms with Crippen LogP contribution in [0.3, 0.4) is 0 Å². The monoisotopic (exact) mass is 661 g/mol. The molecule has 0 spiro atoms. The van der Waals surface area contributed by atoms with Crippen molar-refractivity contribution in [1.82, 2.24) is 4.90 Å². The number of carbonyl (C=O) groups is 4. The molecular formula is C40H39NO8. The Kier molecular flexibility index (Phi) is 9.53. The van der Waals surface area contributed by atoms with Crippen molar-refractivity contribution in [1.29, 1.82) is 0 Å². The van der Waals surface area contributed by atoms with E-state index in [0.717, 1.165) is 44.5 Å². The average molecular weight is 662 g/mol. The molecule has 0 aliphatic heterocycles. The fourth-order valence-corrected chi connectivity index (χ4v) is 6.85. The molecule has 0 unspecified atom stereocenters. The molecule has 4 aromatic rings. The number of nitrogens with zero attached hydrogens (tertiary/aromatic N) is 1. The Labute approximate surface area is 285 Å². The van der Waals surface area contributed by atoms with Crippen molar-refractivity contribution in [2.75, 3.05) is 13.2 Å². The number of hydrogen-bond donors (Lipinski definition) is 1. The molecule has 0 radical (unpaired) electrons. The minimum absolute atomic E-state index is 0.0513. The SMILES string of the molecule is CC(C)(C)OC(=O)CCC[C@@H](C(=O)O)N(C(=O)OCC1c2ccccc2-c2ccccc21)C(=O)OCC1c2ccccc2-c2ccccc21. The molecule has 2 amide bonds. The third-order valence-electron chi connectivity index (χ3n) is 8.94. The molecule has 49 heavy (non-hydrogen) atoms. The highest BCUT2D eigenvalue weighted by Gasteiger charge is 2.40. The fourth-order valence-electron chi connectivity index (χ4n) is 6.85. The van der Waals surface area contributed by atoms with Crippen molar-refractivity contribution in [3.63, 3.8) is 0 Å². The van der Waals surface area contributed by atoms with Gasteiger partial charge in [0.1, 0.15) is 24.9 Å². The zero-order chi connectivity index (χ0) is 34.7. The van der Waals surface area contributed by atoms with Gasteiger partial charge in [-0.15, -0.1) is 0 Å². The number of esters is 1. The minimum Gasteiger partial charge on any atom is -0.480 e. The van der Waals surface area contributed by atoms with Crippen LogP contribution in [-0.2, 0) is 23.8 Å². The predicted octanol–water partition coefficient (Wildman–Crippen LogP) is 8.15. The van der Waals surface area contributed by atoms with Crippen LogP contribution < -0.4 is 0 Å². The molecule has 6 rings (SSSR count). The summed E-state index contributed by atoms with van der Waals surface area (Å²) < 4.78 is 16.9. The van der Waals surface area contributed by atoms with Gasteiger partial charge in [-0.2, -0.15) is 4.90 Å². The van der Waals surface area contributed by atoms with Gasteiger partial charge < -0.3 is 19.3 Å². The normalized spacial score (nSPS) is 13.8. The van der Waals surface area contributed by atoms with Crippen LogP contribution in [0.15, 0.2) is 97.1 Å². The van der Waals surface area contributed by atoms with E-state index in [1.165, 1.54) is 0 Å². The van der Waals surface area contributed by atoms with Gasteiger partial charge in [0.25, 0.3) is 0 Å². The molecule has 0 heterocycles.